The van der Waals surface area contributed by atoms with Gasteiger partial charge in [-0.05, 0) is 42.7 Å². The van der Waals surface area contributed by atoms with Crippen LogP contribution in [0.5, 0.6) is 0 Å². The highest BCUT2D eigenvalue weighted by Gasteiger charge is 2.20. The van der Waals surface area contributed by atoms with Gasteiger partial charge in [-0.3, -0.25) is 0 Å². The summed E-state index contributed by atoms with van der Waals surface area (Å²) in [4.78, 5) is 10.2. The zero-order valence-corrected chi connectivity index (χ0v) is 14.9. The number of hydrogen-bond donors (Lipinski definition) is 1. The van der Waals surface area contributed by atoms with Crippen molar-refractivity contribution in [3.05, 3.63) is 77.1 Å². The number of pyridine rings is 1. The van der Waals surface area contributed by atoms with Crippen LogP contribution in [0.1, 0.15) is 17.5 Å². The number of halogens is 1. The summed E-state index contributed by atoms with van der Waals surface area (Å²) in [6.07, 6.45) is 13.8. The van der Waals surface area contributed by atoms with Crippen molar-refractivity contribution >= 4 is 34.4 Å². The molecule has 0 saturated heterocycles. The van der Waals surface area contributed by atoms with Gasteiger partial charge in [-0.15, -0.1) is 0 Å². The minimum atomic E-state index is 0.306. The normalized spacial score (nSPS) is 17.7. The van der Waals surface area contributed by atoms with E-state index in [4.69, 9.17) is 11.6 Å². The number of anilines is 1. The van der Waals surface area contributed by atoms with Gasteiger partial charge in [-0.1, -0.05) is 48.0 Å². The molecule has 1 aliphatic heterocycles. The average molecular weight is 350 g/mol. The van der Waals surface area contributed by atoms with E-state index in [0.717, 1.165) is 29.2 Å². The van der Waals surface area contributed by atoms with E-state index in [1.54, 1.807) is 0 Å². The van der Waals surface area contributed by atoms with Crippen molar-refractivity contribution in [2.45, 2.75) is 19.4 Å². The number of nitrogens with one attached hydrogen (secondary N) is 1. The molecule has 126 valence electrons. The van der Waals surface area contributed by atoms with Gasteiger partial charge in [0.25, 0.3) is 0 Å². The van der Waals surface area contributed by atoms with Crippen LogP contribution >= 0.6 is 11.6 Å². The second-order valence-electron chi connectivity index (χ2n) is 6.35. The number of rotatable bonds is 3. The third-order valence-corrected chi connectivity index (χ3v) is 4.98. The van der Waals surface area contributed by atoms with Crippen molar-refractivity contribution in [1.82, 2.24) is 9.97 Å². The Morgan fingerprint density at radius 1 is 1.28 bits per heavy atom. The van der Waals surface area contributed by atoms with Gasteiger partial charge in [0.2, 0.25) is 0 Å². The highest BCUT2D eigenvalue weighted by molar-refractivity contribution is 6.30. The van der Waals surface area contributed by atoms with Gasteiger partial charge in [0.05, 0.1) is 17.9 Å². The summed E-state index contributed by atoms with van der Waals surface area (Å²) < 4.78 is 0. The number of H-pyrrole nitrogens is 1. The minimum absolute atomic E-state index is 0.306. The van der Waals surface area contributed by atoms with Crippen LogP contribution in [-0.2, 0) is 0 Å². The molecule has 1 aromatic carbocycles. The Labute approximate surface area is 152 Å². The molecule has 0 fully saturated rings. The van der Waals surface area contributed by atoms with Gasteiger partial charge < -0.3 is 9.88 Å². The van der Waals surface area contributed by atoms with E-state index in [2.05, 4.69) is 58.2 Å². The predicted octanol–water partition coefficient (Wildman–Crippen LogP) is 5.37. The van der Waals surface area contributed by atoms with Crippen molar-refractivity contribution in [3.8, 4) is 0 Å². The van der Waals surface area contributed by atoms with Crippen molar-refractivity contribution in [3.63, 3.8) is 0 Å². The van der Waals surface area contributed by atoms with Crippen LogP contribution in [0, 0.1) is 6.92 Å². The minimum Gasteiger partial charge on any atom is -0.360 e. The Bertz CT molecular complexity index is 955. The first kappa shape index (κ1) is 16.0. The molecule has 4 heteroatoms. The van der Waals surface area contributed by atoms with Crippen LogP contribution in [0.4, 0.5) is 5.69 Å². The Kier molecular flexibility index (Phi) is 4.33. The maximum atomic E-state index is 6.09. The number of fused-ring (bicyclic) bond motifs is 1. The van der Waals surface area contributed by atoms with Crippen LogP contribution < -0.4 is 4.90 Å². The van der Waals surface area contributed by atoms with Crippen molar-refractivity contribution in [2.75, 3.05) is 11.4 Å². The van der Waals surface area contributed by atoms with Gasteiger partial charge in [0.15, 0.2) is 0 Å². The maximum absolute atomic E-state index is 6.09. The monoisotopic (exact) mass is 349 g/mol. The highest BCUT2D eigenvalue weighted by Crippen LogP contribution is 2.30. The number of nitrogens with zero attached hydrogens (tertiary/aromatic N) is 2. The Morgan fingerprint density at radius 3 is 3.08 bits per heavy atom. The molecule has 4 rings (SSSR count). The molecule has 1 unspecified atom stereocenters. The first-order valence-corrected chi connectivity index (χ1v) is 8.88. The molecule has 1 atom stereocenters. The summed E-state index contributed by atoms with van der Waals surface area (Å²) in [6, 6.07) is 10.3. The lowest BCUT2D eigenvalue weighted by Gasteiger charge is -2.34. The molecule has 3 aromatic rings. The van der Waals surface area contributed by atoms with E-state index in [1.807, 2.05) is 30.6 Å². The zero-order valence-electron chi connectivity index (χ0n) is 14.1. The van der Waals surface area contributed by atoms with Crippen LogP contribution in [0.3, 0.4) is 0 Å². The predicted molar refractivity (Wildman–Crippen MR) is 106 cm³/mol. The van der Waals surface area contributed by atoms with Gasteiger partial charge >= 0.3 is 0 Å². The van der Waals surface area contributed by atoms with Gasteiger partial charge in [0, 0.05) is 23.2 Å². The maximum Gasteiger partial charge on any atom is 0.137 e. The summed E-state index contributed by atoms with van der Waals surface area (Å²) in [6.45, 7) is 3.06. The first-order valence-electron chi connectivity index (χ1n) is 8.50. The van der Waals surface area contributed by atoms with Crippen LogP contribution in [-0.4, -0.2) is 22.6 Å². The molecule has 3 nitrogen and oxygen atoms in total. The number of aromatic amines is 1. The Morgan fingerprint density at radius 2 is 2.20 bits per heavy atom. The molecule has 0 radical (unpaired) electrons. The van der Waals surface area contributed by atoms with Crippen LogP contribution in [0.25, 0.3) is 17.1 Å². The molecule has 0 aliphatic carbocycles. The van der Waals surface area contributed by atoms with Gasteiger partial charge in [-0.2, -0.15) is 0 Å². The van der Waals surface area contributed by atoms with E-state index in [9.17, 15) is 0 Å². The van der Waals surface area contributed by atoms with Crippen molar-refractivity contribution in [2.24, 2.45) is 0 Å². The number of hydrogen-bond acceptors (Lipinski definition) is 2. The molecular formula is C21H20ClN3. The largest absolute Gasteiger partial charge is 0.360 e. The lowest BCUT2D eigenvalue weighted by atomic mass is 10.0. The second-order valence-corrected chi connectivity index (χ2v) is 6.79. The molecule has 25 heavy (non-hydrogen) atoms. The molecule has 0 amide bonds. The quantitative estimate of drug-likeness (QED) is 0.644. The molecule has 2 aromatic heterocycles. The highest BCUT2D eigenvalue weighted by atomic mass is 35.5. The Balaban J connectivity index is 1.66. The number of aryl methyl sites for hydroxylation is 1. The van der Waals surface area contributed by atoms with E-state index in [1.165, 1.54) is 16.6 Å². The summed E-state index contributed by atoms with van der Waals surface area (Å²) in [5, 5.41) is 1.95. The summed E-state index contributed by atoms with van der Waals surface area (Å²) >= 11 is 6.09. The molecule has 0 saturated carbocycles. The van der Waals surface area contributed by atoms with E-state index >= 15 is 0 Å². The fourth-order valence-electron chi connectivity index (χ4n) is 3.40. The lowest BCUT2D eigenvalue weighted by Crippen LogP contribution is -2.36. The van der Waals surface area contributed by atoms with Crippen molar-refractivity contribution < 1.29 is 0 Å². The second kappa shape index (κ2) is 6.77. The molecule has 3 heterocycles. The molecule has 1 aliphatic rings. The van der Waals surface area contributed by atoms with E-state index in [-0.39, 0.29) is 0 Å². The number of aromatic nitrogens is 2. The molecule has 0 spiro atoms. The van der Waals surface area contributed by atoms with E-state index < -0.39 is 0 Å². The van der Waals surface area contributed by atoms with Gasteiger partial charge in [-0.25, -0.2) is 4.98 Å². The summed E-state index contributed by atoms with van der Waals surface area (Å²) in [7, 11) is 0. The fourth-order valence-corrected chi connectivity index (χ4v) is 3.60. The topological polar surface area (TPSA) is 31.9 Å². The average Bonchev–Trinajstić information content (AvgIpc) is 3.11. The standard InChI is InChI=1S/C21H20ClN3/c1-15-19-10-11-23-21(19)24-14-20(15)25-12-3-2-7-18(25)9-8-16-5-4-6-17(22)13-16/h2-6,8-11,13-14,18H,7,12H2,1H3,(H,23,24). The Hall–Kier alpha value is -2.52. The number of benzene rings is 1. The molecule has 0 bridgehead atoms. The van der Waals surface area contributed by atoms with Crippen LogP contribution in [0.15, 0.2) is 61.0 Å². The fraction of sp³-hybridized carbons (Fsp3) is 0.190. The van der Waals surface area contributed by atoms with Crippen molar-refractivity contribution in [1.29, 1.82) is 0 Å². The molecular weight excluding hydrogens is 330 g/mol. The van der Waals surface area contributed by atoms with Gasteiger partial charge in [0.1, 0.15) is 5.65 Å². The SMILES string of the molecule is Cc1c(N2CC=CCC2C=Cc2cccc(Cl)c2)cnc2[nH]ccc12. The van der Waals surface area contributed by atoms with E-state index in [0.29, 0.717) is 6.04 Å². The zero-order chi connectivity index (χ0) is 17.2. The van der Waals surface area contributed by atoms with Crippen LogP contribution in [0.2, 0.25) is 5.02 Å². The smallest absolute Gasteiger partial charge is 0.137 e. The molecule has 1 N–H and O–H groups in total. The summed E-state index contributed by atoms with van der Waals surface area (Å²) in [5.41, 5.74) is 4.53. The summed E-state index contributed by atoms with van der Waals surface area (Å²) in [5.74, 6) is 0. The third-order valence-electron chi connectivity index (χ3n) is 4.74. The lowest BCUT2D eigenvalue weighted by molar-refractivity contribution is 0.704. The first-order chi connectivity index (χ1) is 12.2. The third kappa shape index (κ3) is 3.20.